The van der Waals surface area contributed by atoms with Crippen LogP contribution in [0.15, 0.2) is 18.2 Å². The summed E-state index contributed by atoms with van der Waals surface area (Å²) in [4.78, 5) is 23.1. The second-order valence-electron chi connectivity index (χ2n) is 5.54. The van der Waals surface area contributed by atoms with Crippen molar-refractivity contribution in [2.45, 2.75) is 39.3 Å². The zero-order valence-corrected chi connectivity index (χ0v) is 12.5. The van der Waals surface area contributed by atoms with Crippen LogP contribution in [-0.4, -0.2) is 29.0 Å². The lowest BCUT2D eigenvalue weighted by atomic mass is 10.2. The number of ether oxygens (including phenoxy) is 1. The number of nitrogens with one attached hydrogen (secondary N) is 1. The summed E-state index contributed by atoms with van der Waals surface area (Å²) in [5, 5.41) is 0.962. The number of hydrazine groups is 1. The van der Waals surface area contributed by atoms with Gasteiger partial charge in [-0.2, -0.15) is 0 Å². The molecule has 7 heteroatoms. The molecule has 0 saturated heterocycles. The van der Waals surface area contributed by atoms with Crippen molar-refractivity contribution < 1.29 is 18.7 Å². The Morgan fingerprint density at radius 1 is 1.48 bits per heavy atom. The molecule has 0 aliphatic carbocycles. The average molecular weight is 297 g/mol. The third-order valence-electron chi connectivity index (χ3n) is 2.49. The zero-order valence-electron chi connectivity index (χ0n) is 12.5. The quantitative estimate of drug-likeness (QED) is 0.507. The maximum Gasteiger partial charge on any atom is 0.429 e. The molecule has 1 amide bonds. The molecule has 1 atom stereocenters. The molecule has 0 spiro atoms. The second-order valence-corrected chi connectivity index (χ2v) is 5.54. The molecule has 6 nitrogen and oxygen atoms in total. The largest absolute Gasteiger partial charge is 0.442 e. The van der Waals surface area contributed by atoms with Crippen LogP contribution in [0, 0.1) is 5.82 Å². The van der Waals surface area contributed by atoms with E-state index in [2.05, 4.69) is 5.43 Å². The summed E-state index contributed by atoms with van der Waals surface area (Å²) in [5.74, 6) is -0.622. The van der Waals surface area contributed by atoms with Gasteiger partial charge >= 0.3 is 6.09 Å². The Morgan fingerprint density at radius 3 is 2.62 bits per heavy atom. The molecule has 0 bridgehead atoms. The van der Waals surface area contributed by atoms with E-state index in [1.165, 1.54) is 25.1 Å². The van der Waals surface area contributed by atoms with Crippen molar-refractivity contribution in [1.82, 2.24) is 5.01 Å². The van der Waals surface area contributed by atoms with Crippen molar-refractivity contribution in [1.29, 1.82) is 0 Å². The van der Waals surface area contributed by atoms with Gasteiger partial charge in [0.05, 0.1) is 11.4 Å². The van der Waals surface area contributed by atoms with Crippen LogP contribution in [0.5, 0.6) is 0 Å². The number of hydrogen-bond acceptors (Lipinski definition) is 5. The number of anilines is 2. The van der Waals surface area contributed by atoms with Crippen molar-refractivity contribution in [2.75, 3.05) is 11.2 Å². The summed E-state index contributed by atoms with van der Waals surface area (Å²) >= 11 is 0. The van der Waals surface area contributed by atoms with Crippen LogP contribution in [0.3, 0.4) is 0 Å². The number of halogens is 1. The number of rotatable bonds is 4. The van der Waals surface area contributed by atoms with Gasteiger partial charge in [0.25, 0.3) is 0 Å². The van der Waals surface area contributed by atoms with Crippen LogP contribution in [0.4, 0.5) is 20.6 Å². The smallest absolute Gasteiger partial charge is 0.429 e. The lowest BCUT2D eigenvalue weighted by Crippen LogP contribution is -2.46. The molecule has 116 valence electrons. The van der Waals surface area contributed by atoms with Crippen molar-refractivity contribution in [3.05, 3.63) is 24.0 Å². The Balaban J connectivity index is 3.01. The minimum Gasteiger partial charge on any atom is -0.442 e. The fraction of sp³-hybridized carbons (Fsp3) is 0.429. The summed E-state index contributed by atoms with van der Waals surface area (Å²) in [6.45, 7) is 6.60. The molecule has 1 rings (SSSR count). The van der Waals surface area contributed by atoms with Crippen molar-refractivity contribution >= 4 is 23.8 Å². The highest BCUT2D eigenvalue weighted by atomic mass is 19.1. The van der Waals surface area contributed by atoms with Gasteiger partial charge in [-0.3, -0.25) is 5.43 Å². The normalized spacial score (nSPS) is 12.4. The van der Waals surface area contributed by atoms with Crippen molar-refractivity contribution in [3.63, 3.8) is 0 Å². The minimum atomic E-state index is -0.817. The van der Waals surface area contributed by atoms with Crippen molar-refractivity contribution in [2.24, 2.45) is 0 Å². The third-order valence-corrected chi connectivity index (χ3v) is 2.49. The molecular weight excluding hydrogens is 277 g/mol. The molecule has 0 aliphatic heterocycles. The van der Waals surface area contributed by atoms with Crippen LogP contribution in [0.2, 0.25) is 0 Å². The summed E-state index contributed by atoms with van der Waals surface area (Å²) < 4.78 is 18.6. The number of carbonyl (C=O) groups is 2. The number of aldehydes is 1. The van der Waals surface area contributed by atoms with E-state index in [4.69, 9.17) is 10.5 Å². The van der Waals surface area contributed by atoms with Crippen LogP contribution in [0.1, 0.15) is 27.7 Å². The molecule has 21 heavy (non-hydrogen) atoms. The fourth-order valence-corrected chi connectivity index (χ4v) is 1.45. The van der Waals surface area contributed by atoms with Crippen LogP contribution in [-0.2, 0) is 9.53 Å². The molecule has 0 saturated carbocycles. The highest BCUT2D eigenvalue weighted by Gasteiger charge is 2.26. The van der Waals surface area contributed by atoms with Gasteiger partial charge < -0.3 is 15.3 Å². The molecule has 3 N–H and O–H groups in total. The fourth-order valence-electron chi connectivity index (χ4n) is 1.45. The maximum atomic E-state index is 13.4. The van der Waals surface area contributed by atoms with E-state index < -0.39 is 23.6 Å². The van der Waals surface area contributed by atoms with Crippen LogP contribution < -0.4 is 11.2 Å². The Kier molecular flexibility index (Phi) is 5.12. The van der Waals surface area contributed by atoms with Gasteiger partial charge in [0.1, 0.15) is 23.7 Å². The number of nitrogen functional groups attached to an aromatic ring is 1. The number of amides is 1. The van der Waals surface area contributed by atoms with E-state index in [9.17, 15) is 14.0 Å². The monoisotopic (exact) mass is 297 g/mol. The summed E-state index contributed by atoms with van der Waals surface area (Å²) in [7, 11) is 0. The number of para-hydroxylation sites is 1. The predicted octanol–water partition coefficient (Wildman–Crippen LogP) is 2.56. The first kappa shape index (κ1) is 16.7. The minimum absolute atomic E-state index is 0.149. The molecule has 0 unspecified atom stereocenters. The number of hydrogen-bond donors (Lipinski definition) is 2. The first-order valence-electron chi connectivity index (χ1n) is 6.44. The maximum absolute atomic E-state index is 13.4. The lowest BCUT2D eigenvalue weighted by molar-refractivity contribution is -0.111. The predicted molar refractivity (Wildman–Crippen MR) is 78.0 cm³/mol. The molecule has 1 aromatic carbocycles. The van der Waals surface area contributed by atoms with Gasteiger partial charge in [-0.15, -0.1) is 0 Å². The Morgan fingerprint density at radius 2 is 2.10 bits per heavy atom. The van der Waals surface area contributed by atoms with Crippen molar-refractivity contribution in [3.8, 4) is 0 Å². The average Bonchev–Trinajstić information content (AvgIpc) is 2.37. The number of nitrogens with zero attached hydrogens (tertiary/aromatic N) is 1. The highest BCUT2D eigenvalue weighted by molar-refractivity contribution is 5.77. The molecule has 0 aromatic heterocycles. The number of benzene rings is 1. The first-order chi connectivity index (χ1) is 9.65. The molecular formula is C14H20FN3O3. The third kappa shape index (κ3) is 4.62. The van der Waals surface area contributed by atoms with Gasteiger partial charge in [-0.05, 0) is 39.8 Å². The number of carbonyl (C=O) groups excluding carboxylic acids is 2. The summed E-state index contributed by atoms with van der Waals surface area (Å²) in [6.07, 6.45) is -0.197. The van der Waals surface area contributed by atoms with E-state index in [1.807, 2.05) is 0 Å². The molecule has 1 aromatic rings. The Hall–Kier alpha value is -2.31. The lowest BCUT2D eigenvalue weighted by Gasteiger charge is -2.30. The standard InChI is InChI=1S/C14H20FN3O3/c1-9(8-19)18(13(20)21-14(2,3)4)17-11-7-5-6-10(15)12(11)16/h5-9,17H,16H2,1-4H3/t9-/m0/s1. The van der Waals surface area contributed by atoms with E-state index in [1.54, 1.807) is 20.8 Å². The van der Waals surface area contributed by atoms with Gasteiger partial charge in [0.15, 0.2) is 0 Å². The summed E-state index contributed by atoms with van der Waals surface area (Å²) in [5.41, 5.74) is 7.52. The van der Waals surface area contributed by atoms with Crippen LogP contribution >= 0.6 is 0 Å². The topological polar surface area (TPSA) is 84.7 Å². The van der Waals surface area contributed by atoms with Gasteiger partial charge in [-0.1, -0.05) is 6.07 Å². The molecule has 0 fully saturated rings. The van der Waals surface area contributed by atoms with E-state index in [0.717, 1.165) is 5.01 Å². The summed E-state index contributed by atoms with van der Waals surface area (Å²) in [6, 6.07) is 3.31. The zero-order chi connectivity index (χ0) is 16.2. The molecule has 0 radical (unpaired) electrons. The van der Waals surface area contributed by atoms with Gasteiger partial charge in [0.2, 0.25) is 0 Å². The van der Waals surface area contributed by atoms with Crippen LogP contribution in [0.25, 0.3) is 0 Å². The molecule has 0 heterocycles. The van der Waals surface area contributed by atoms with E-state index in [0.29, 0.717) is 6.29 Å². The van der Waals surface area contributed by atoms with E-state index >= 15 is 0 Å². The van der Waals surface area contributed by atoms with Gasteiger partial charge in [0, 0.05) is 0 Å². The first-order valence-corrected chi connectivity index (χ1v) is 6.44. The second kappa shape index (κ2) is 6.43. The Labute approximate surface area is 123 Å². The Bertz CT molecular complexity index is 529. The van der Waals surface area contributed by atoms with E-state index in [-0.39, 0.29) is 11.4 Å². The van der Waals surface area contributed by atoms with Gasteiger partial charge in [-0.25, -0.2) is 14.2 Å². The SMILES string of the molecule is C[C@@H](C=O)N(Nc1cccc(F)c1N)C(=O)OC(C)(C)C. The molecule has 0 aliphatic rings. The number of nitrogens with two attached hydrogens (primary N) is 1. The highest BCUT2D eigenvalue weighted by Crippen LogP contribution is 2.23.